The fourth-order valence-corrected chi connectivity index (χ4v) is 3.89. The average molecular weight is 382 g/mol. The third-order valence-corrected chi connectivity index (χ3v) is 5.08. The molecule has 142 valence electrons. The molecule has 0 radical (unpaired) electrons. The maximum absolute atomic E-state index is 14.0. The Bertz CT molecular complexity index is 855. The van der Waals surface area contributed by atoms with E-state index in [9.17, 15) is 12.8 Å². The van der Waals surface area contributed by atoms with Crippen molar-refractivity contribution in [2.24, 2.45) is 0 Å². The Morgan fingerprint density at radius 2 is 2.15 bits per heavy atom. The maximum atomic E-state index is 14.0. The van der Waals surface area contributed by atoms with Crippen LogP contribution in [0.1, 0.15) is 18.0 Å². The van der Waals surface area contributed by atoms with Gasteiger partial charge in [-0.2, -0.15) is 5.10 Å². The molecule has 0 saturated carbocycles. The normalized spacial score (nSPS) is 21.2. The molecule has 2 heterocycles. The van der Waals surface area contributed by atoms with Gasteiger partial charge in [0, 0.05) is 38.0 Å². The summed E-state index contributed by atoms with van der Waals surface area (Å²) in [7, 11) is -1.69. The van der Waals surface area contributed by atoms with Gasteiger partial charge in [-0.3, -0.25) is 14.3 Å². The Labute approximate surface area is 152 Å². The Morgan fingerprint density at radius 1 is 1.38 bits per heavy atom. The molecule has 1 aliphatic heterocycles. The fourth-order valence-electron chi connectivity index (χ4n) is 3.36. The van der Waals surface area contributed by atoms with Crippen LogP contribution in [0.15, 0.2) is 36.7 Å². The number of aromatic nitrogens is 2. The molecule has 2 aromatic rings. The lowest BCUT2D eigenvalue weighted by atomic mass is 10.1. The van der Waals surface area contributed by atoms with Gasteiger partial charge in [-0.25, -0.2) is 12.8 Å². The van der Waals surface area contributed by atoms with Gasteiger partial charge in [0.25, 0.3) is 0 Å². The van der Waals surface area contributed by atoms with Crippen molar-refractivity contribution in [1.82, 2.24) is 14.7 Å². The van der Waals surface area contributed by atoms with Crippen LogP contribution in [0.4, 0.5) is 10.1 Å². The number of sulfonamides is 1. The molecule has 0 amide bonds. The van der Waals surface area contributed by atoms with Crippen LogP contribution in [0.5, 0.6) is 0 Å². The Hall–Kier alpha value is -1.97. The van der Waals surface area contributed by atoms with Crippen molar-refractivity contribution >= 4 is 15.7 Å². The second-order valence-corrected chi connectivity index (χ2v) is 8.35. The summed E-state index contributed by atoms with van der Waals surface area (Å²) < 4.78 is 46.2. The predicted octanol–water partition coefficient (Wildman–Crippen LogP) is 1.86. The highest BCUT2D eigenvalue weighted by atomic mass is 32.2. The molecule has 9 heteroatoms. The third-order valence-electron chi connectivity index (χ3n) is 4.48. The Morgan fingerprint density at radius 3 is 2.85 bits per heavy atom. The number of benzene rings is 1. The molecule has 7 nitrogen and oxygen atoms in total. The van der Waals surface area contributed by atoms with Gasteiger partial charge in [-0.15, -0.1) is 0 Å². The zero-order valence-corrected chi connectivity index (χ0v) is 15.6. The standard InChI is InChI=1S/C17H23FN4O3S/c1-25-12-16-7-15(22-10-14(8-19-22)20-26(2,23)24)11-21(16)9-13-5-3-4-6-17(13)18/h3-6,8,10,15-16,20H,7,9,11-12H2,1-2H3/t15-,16-/m0/s1. The maximum Gasteiger partial charge on any atom is 0.229 e. The minimum atomic E-state index is -3.34. The van der Waals surface area contributed by atoms with Crippen molar-refractivity contribution < 1.29 is 17.5 Å². The first-order chi connectivity index (χ1) is 12.4. The lowest BCUT2D eigenvalue weighted by Gasteiger charge is -2.23. The lowest BCUT2D eigenvalue weighted by molar-refractivity contribution is 0.111. The average Bonchev–Trinajstić information content (AvgIpc) is 3.16. The summed E-state index contributed by atoms with van der Waals surface area (Å²) in [6.07, 6.45) is 5.07. The van der Waals surface area contributed by atoms with E-state index in [0.717, 1.165) is 12.7 Å². The first kappa shape index (κ1) is 18.8. The van der Waals surface area contributed by atoms with Gasteiger partial charge in [0.15, 0.2) is 0 Å². The van der Waals surface area contributed by atoms with E-state index in [0.29, 0.717) is 30.9 Å². The van der Waals surface area contributed by atoms with E-state index in [1.165, 1.54) is 12.3 Å². The summed E-state index contributed by atoms with van der Waals surface area (Å²) in [5, 5.41) is 4.28. The molecule has 1 N–H and O–H groups in total. The van der Waals surface area contributed by atoms with Gasteiger partial charge in [0.2, 0.25) is 10.0 Å². The fraction of sp³-hybridized carbons (Fsp3) is 0.471. The number of nitrogens with one attached hydrogen (secondary N) is 1. The topological polar surface area (TPSA) is 76.5 Å². The summed E-state index contributed by atoms with van der Waals surface area (Å²) in [5.74, 6) is -0.217. The van der Waals surface area contributed by atoms with Crippen LogP contribution in [-0.2, 0) is 21.3 Å². The van der Waals surface area contributed by atoms with E-state index in [1.807, 2.05) is 6.07 Å². The summed E-state index contributed by atoms with van der Waals surface area (Å²) in [6.45, 7) is 1.72. The highest BCUT2D eigenvalue weighted by Crippen LogP contribution is 2.30. The number of methoxy groups -OCH3 is 1. The predicted molar refractivity (Wildman–Crippen MR) is 96.8 cm³/mol. The summed E-state index contributed by atoms with van der Waals surface area (Å²) >= 11 is 0. The van der Waals surface area contributed by atoms with E-state index >= 15 is 0 Å². The lowest BCUT2D eigenvalue weighted by Crippen LogP contribution is -2.32. The van der Waals surface area contributed by atoms with E-state index in [2.05, 4.69) is 14.7 Å². The number of ether oxygens (including phenoxy) is 1. The van der Waals surface area contributed by atoms with Crippen molar-refractivity contribution in [3.05, 3.63) is 48.0 Å². The second kappa shape index (κ2) is 7.73. The van der Waals surface area contributed by atoms with Gasteiger partial charge < -0.3 is 4.74 Å². The van der Waals surface area contributed by atoms with Crippen molar-refractivity contribution in [2.45, 2.75) is 25.0 Å². The molecule has 3 rings (SSSR count). The number of anilines is 1. The SMILES string of the molecule is COC[C@@H]1C[C@H](n2cc(NS(C)(=O)=O)cn2)CN1Cc1ccccc1F. The van der Waals surface area contributed by atoms with Crippen molar-refractivity contribution in [3.8, 4) is 0 Å². The van der Waals surface area contributed by atoms with E-state index in [-0.39, 0.29) is 17.9 Å². The third kappa shape index (κ3) is 4.60. The summed E-state index contributed by atoms with van der Waals surface area (Å²) in [5.41, 5.74) is 1.08. The molecule has 1 saturated heterocycles. The number of rotatable bonds is 7. The number of hydrogen-bond donors (Lipinski definition) is 1. The molecule has 0 aliphatic carbocycles. The van der Waals surface area contributed by atoms with Crippen LogP contribution >= 0.6 is 0 Å². The Kier molecular flexibility index (Phi) is 5.59. The molecule has 0 bridgehead atoms. The minimum Gasteiger partial charge on any atom is -0.383 e. The van der Waals surface area contributed by atoms with Crippen LogP contribution < -0.4 is 4.72 Å². The number of likely N-dealkylation sites (tertiary alicyclic amines) is 1. The van der Waals surface area contributed by atoms with E-state index in [1.54, 1.807) is 30.1 Å². The number of hydrogen-bond acceptors (Lipinski definition) is 5. The smallest absolute Gasteiger partial charge is 0.229 e. The number of halogens is 1. The van der Waals surface area contributed by atoms with Crippen LogP contribution in [0.25, 0.3) is 0 Å². The van der Waals surface area contributed by atoms with E-state index < -0.39 is 10.0 Å². The van der Waals surface area contributed by atoms with Crippen LogP contribution in [0.2, 0.25) is 0 Å². The van der Waals surface area contributed by atoms with Gasteiger partial charge in [-0.1, -0.05) is 18.2 Å². The second-order valence-electron chi connectivity index (χ2n) is 6.60. The molecule has 1 fully saturated rings. The molecule has 1 aromatic heterocycles. The molecular weight excluding hydrogens is 359 g/mol. The molecule has 2 atom stereocenters. The molecule has 0 unspecified atom stereocenters. The molecule has 1 aromatic carbocycles. The molecule has 26 heavy (non-hydrogen) atoms. The van der Waals surface area contributed by atoms with Gasteiger partial charge in [-0.05, 0) is 12.5 Å². The molecule has 0 spiro atoms. The zero-order valence-electron chi connectivity index (χ0n) is 14.8. The largest absolute Gasteiger partial charge is 0.383 e. The Balaban J connectivity index is 1.73. The highest BCUT2D eigenvalue weighted by Gasteiger charge is 2.33. The van der Waals surface area contributed by atoms with E-state index in [4.69, 9.17) is 4.74 Å². The highest BCUT2D eigenvalue weighted by molar-refractivity contribution is 7.92. The van der Waals surface area contributed by atoms with Crippen molar-refractivity contribution in [2.75, 3.05) is 31.2 Å². The number of nitrogens with zero attached hydrogens (tertiary/aromatic N) is 3. The molecular formula is C17H23FN4O3S. The first-order valence-corrected chi connectivity index (χ1v) is 10.2. The van der Waals surface area contributed by atoms with Crippen molar-refractivity contribution in [3.63, 3.8) is 0 Å². The quantitative estimate of drug-likeness (QED) is 0.791. The van der Waals surface area contributed by atoms with Gasteiger partial charge in [0.05, 0.1) is 30.8 Å². The van der Waals surface area contributed by atoms with Gasteiger partial charge >= 0.3 is 0 Å². The minimum absolute atomic E-state index is 0.0667. The van der Waals surface area contributed by atoms with Crippen LogP contribution in [-0.4, -0.2) is 55.7 Å². The zero-order chi connectivity index (χ0) is 18.7. The monoisotopic (exact) mass is 382 g/mol. The van der Waals surface area contributed by atoms with Crippen molar-refractivity contribution in [1.29, 1.82) is 0 Å². The van der Waals surface area contributed by atoms with Gasteiger partial charge in [0.1, 0.15) is 5.82 Å². The molecule has 1 aliphatic rings. The summed E-state index contributed by atoms with van der Waals surface area (Å²) in [6, 6.07) is 6.96. The van der Waals surface area contributed by atoms with Crippen LogP contribution in [0, 0.1) is 5.82 Å². The summed E-state index contributed by atoms with van der Waals surface area (Å²) in [4.78, 5) is 2.18. The first-order valence-electron chi connectivity index (χ1n) is 8.34. The van der Waals surface area contributed by atoms with Crippen LogP contribution in [0.3, 0.4) is 0 Å².